The average molecular weight is 414 g/mol. The van der Waals surface area contributed by atoms with Crippen molar-refractivity contribution >= 4 is 34.1 Å². The van der Waals surface area contributed by atoms with Gasteiger partial charge >= 0.3 is 5.97 Å². The topological polar surface area (TPSA) is 116 Å². The van der Waals surface area contributed by atoms with Crippen LogP contribution in [0.25, 0.3) is 0 Å². The quantitative estimate of drug-likeness (QED) is 0.676. The number of alkyl halides is 2. The van der Waals surface area contributed by atoms with Gasteiger partial charge in [-0.3, -0.25) is 14.3 Å². The Morgan fingerprint density at radius 1 is 1.32 bits per heavy atom. The zero-order chi connectivity index (χ0) is 21.2. The lowest BCUT2D eigenvalue weighted by Gasteiger charge is -2.10. The molecule has 2 aromatic heterocycles. The second-order valence-corrected chi connectivity index (χ2v) is 7.32. The number of amides is 2. The number of anilines is 1. The number of carbonyl (C=O) groups excluding carboxylic acids is 3. The molecule has 2 amide bonds. The van der Waals surface area contributed by atoms with E-state index in [1.165, 1.54) is 19.9 Å². The van der Waals surface area contributed by atoms with E-state index in [1.54, 1.807) is 13.8 Å². The van der Waals surface area contributed by atoms with Gasteiger partial charge in [0.25, 0.3) is 12.3 Å². The van der Waals surface area contributed by atoms with Gasteiger partial charge in [-0.05, 0) is 39.3 Å². The first-order valence-corrected chi connectivity index (χ1v) is 9.09. The van der Waals surface area contributed by atoms with E-state index < -0.39 is 36.0 Å². The van der Waals surface area contributed by atoms with Crippen LogP contribution in [-0.4, -0.2) is 33.7 Å². The molecule has 0 saturated heterocycles. The molecule has 0 aliphatic carbocycles. The summed E-state index contributed by atoms with van der Waals surface area (Å²) in [6, 6.07) is 1.18. The molecule has 8 nitrogen and oxygen atoms in total. The molecular weight excluding hydrogens is 394 g/mol. The van der Waals surface area contributed by atoms with E-state index in [9.17, 15) is 23.2 Å². The molecule has 2 heterocycles. The Balaban J connectivity index is 2.29. The summed E-state index contributed by atoms with van der Waals surface area (Å²) in [5.74, 6) is -2.06. The molecule has 0 unspecified atom stereocenters. The Labute approximate surface area is 163 Å². The maximum atomic E-state index is 12.7. The number of aryl methyl sites for hydroxylation is 1. The number of nitrogens with one attached hydrogen (secondary N) is 1. The second-order valence-electron chi connectivity index (χ2n) is 6.30. The highest BCUT2D eigenvalue weighted by molar-refractivity contribution is 7.18. The van der Waals surface area contributed by atoms with E-state index in [4.69, 9.17) is 10.5 Å². The van der Waals surface area contributed by atoms with Gasteiger partial charge in [-0.2, -0.15) is 5.10 Å². The number of carbonyl (C=O) groups is 3. The van der Waals surface area contributed by atoms with Gasteiger partial charge in [-0.25, -0.2) is 13.6 Å². The highest BCUT2D eigenvalue weighted by Gasteiger charge is 2.26. The number of rotatable bonds is 7. The maximum Gasteiger partial charge on any atom is 0.341 e. The summed E-state index contributed by atoms with van der Waals surface area (Å²) < 4.78 is 31.8. The second kappa shape index (κ2) is 8.46. The third kappa shape index (κ3) is 4.71. The molecule has 0 aliphatic heterocycles. The summed E-state index contributed by atoms with van der Waals surface area (Å²) in [6.45, 7) is 6.04. The number of hydrogen-bond donors (Lipinski definition) is 2. The molecule has 0 bridgehead atoms. The van der Waals surface area contributed by atoms with Crippen molar-refractivity contribution < 1.29 is 27.9 Å². The fourth-order valence-electron chi connectivity index (χ4n) is 2.46. The standard InChI is InChI=1S/C17H20F2N4O4S/c1-7(2)27-17(26)12-9(4)13(15(20)25)28-16(12)21-11(24)6-23-8(3)5-10(22-23)14(18)19/h5,7,14H,6H2,1-4H3,(H2,20,25)(H,21,24). The number of thiophene rings is 1. The van der Waals surface area contributed by atoms with Gasteiger partial charge in [0, 0.05) is 5.69 Å². The number of nitrogens with zero attached hydrogens (tertiary/aromatic N) is 2. The van der Waals surface area contributed by atoms with Crippen molar-refractivity contribution in [1.82, 2.24) is 9.78 Å². The largest absolute Gasteiger partial charge is 0.459 e. The van der Waals surface area contributed by atoms with Crippen LogP contribution in [0.2, 0.25) is 0 Å². The molecule has 28 heavy (non-hydrogen) atoms. The average Bonchev–Trinajstić information content (AvgIpc) is 3.07. The molecule has 2 aromatic rings. The number of ether oxygens (including phenoxy) is 1. The first-order valence-electron chi connectivity index (χ1n) is 8.27. The Kier molecular flexibility index (Phi) is 6.49. The summed E-state index contributed by atoms with van der Waals surface area (Å²) in [5.41, 5.74) is 5.60. The smallest absolute Gasteiger partial charge is 0.341 e. The molecule has 0 atom stereocenters. The minimum Gasteiger partial charge on any atom is -0.459 e. The van der Waals surface area contributed by atoms with E-state index in [1.807, 2.05) is 0 Å². The summed E-state index contributed by atoms with van der Waals surface area (Å²) in [7, 11) is 0. The SMILES string of the molecule is Cc1c(C(N)=O)sc(NC(=O)Cn2nc(C(F)F)cc2C)c1C(=O)OC(C)C. The first kappa shape index (κ1) is 21.5. The van der Waals surface area contributed by atoms with Crippen molar-refractivity contribution in [2.75, 3.05) is 5.32 Å². The highest BCUT2D eigenvalue weighted by Crippen LogP contribution is 2.33. The molecule has 11 heteroatoms. The van der Waals surface area contributed by atoms with E-state index >= 15 is 0 Å². The Morgan fingerprint density at radius 3 is 2.46 bits per heavy atom. The van der Waals surface area contributed by atoms with E-state index in [0.29, 0.717) is 11.3 Å². The van der Waals surface area contributed by atoms with E-state index in [0.717, 1.165) is 16.0 Å². The molecule has 0 fully saturated rings. The van der Waals surface area contributed by atoms with Crippen LogP contribution < -0.4 is 11.1 Å². The minimum absolute atomic E-state index is 0.0336. The minimum atomic E-state index is -2.75. The molecule has 0 spiro atoms. The molecule has 0 aromatic carbocycles. The van der Waals surface area contributed by atoms with Crippen molar-refractivity contribution in [3.05, 3.63) is 33.5 Å². The van der Waals surface area contributed by atoms with E-state index in [2.05, 4.69) is 10.4 Å². The van der Waals surface area contributed by atoms with Crippen LogP contribution in [0.15, 0.2) is 6.07 Å². The van der Waals surface area contributed by atoms with Crippen molar-refractivity contribution in [3.8, 4) is 0 Å². The molecule has 152 valence electrons. The van der Waals surface area contributed by atoms with Crippen LogP contribution in [0.1, 0.15) is 57.3 Å². The van der Waals surface area contributed by atoms with E-state index in [-0.39, 0.29) is 22.0 Å². The molecule has 0 saturated carbocycles. The third-order valence-corrected chi connectivity index (χ3v) is 4.91. The fourth-order valence-corrected chi connectivity index (χ4v) is 3.52. The lowest BCUT2D eigenvalue weighted by Crippen LogP contribution is -2.21. The van der Waals surface area contributed by atoms with Gasteiger partial charge in [0.1, 0.15) is 17.2 Å². The lowest BCUT2D eigenvalue weighted by atomic mass is 10.1. The number of primary amides is 1. The normalized spacial score (nSPS) is 11.1. The number of nitrogens with two attached hydrogens (primary N) is 1. The van der Waals surface area contributed by atoms with Crippen LogP contribution in [0.3, 0.4) is 0 Å². The zero-order valence-corrected chi connectivity index (χ0v) is 16.5. The fraction of sp³-hybridized carbons (Fsp3) is 0.412. The van der Waals surface area contributed by atoms with Crippen LogP contribution in [-0.2, 0) is 16.1 Å². The van der Waals surface area contributed by atoms with Gasteiger partial charge in [0.15, 0.2) is 0 Å². The first-order chi connectivity index (χ1) is 13.0. The van der Waals surface area contributed by atoms with Gasteiger partial charge < -0.3 is 15.8 Å². The number of esters is 1. The van der Waals surface area contributed by atoms with Crippen LogP contribution in [0.5, 0.6) is 0 Å². The van der Waals surface area contributed by atoms with Crippen LogP contribution in [0.4, 0.5) is 13.8 Å². The van der Waals surface area contributed by atoms with Crippen molar-refractivity contribution in [3.63, 3.8) is 0 Å². The lowest BCUT2D eigenvalue weighted by molar-refractivity contribution is -0.116. The molecule has 3 N–H and O–H groups in total. The van der Waals surface area contributed by atoms with Gasteiger partial charge in [-0.1, -0.05) is 0 Å². The predicted molar refractivity (Wildman–Crippen MR) is 98.7 cm³/mol. The molecule has 0 radical (unpaired) electrons. The van der Waals surface area contributed by atoms with Gasteiger partial charge in [0.05, 0.1) is 16.5 Å². The summed E-state index contributed by atoms with van der Waals surface area (Å²) in [6.07, 6.45) is -3.16. The Bertz CT molecular complexity index is 921. The van der Waals surface area contributed by atoms with Crippen LogP contribution >= 0.6 is 11.3 Å². The molecule has 2 rings (SSSR count). The van der Waals surface area contributed by atoms with Gasteiger partial charge in [-0.15, -0.1) is 11.3 Å². The van der Waals surface area contributed by atoms with Crippen LogP contribution in [0, 0.1) is 13.8 Å². The Hall–Kier alpha value is -2.82. The van der Waals surface area contributed by atoms with Crippen molar-refractivity contribution in [1.29, 1.82) is 0 Å². The summed E-state index contributed by atoms with van der Waals surface area (Å²) in [4.78, 5) is 36.5. The van der Waals surface area contributed by atoms with Crippen molar-refractivity contribution in [2.24, 2.45) is 5.73 Å². The Morgan fingerprint density at radius 2 is 1.96 bits per heavy atom. The highest BCUT2D eigenvalue weighted by atomic mass is 32.1. The molecular formula is C17H20F2N4O4S. The predicted octanol–water partition coefficient (Wildman–Crippen LogP) is 2.80. The zero-order valence-electron chi connectivity index (χ0n) is 15.7. The number of aromatic nitrogens is 2. The molecule has 0 aliphatic rings. The third-order valence-electron chi connectivity index (χ3n) is 3.69. The summed E-state index contributed by atoms with van der Waals surface area (Å²) >= 11 is 0.846. The monoisotopic (exact) mass is 414 g/mol. The van der Waals surface area contributed by atoms with Gasteiger partial charge in [0.2, 0.25) is 5.91 Å². The number of hydrogen-bond acceptors (Lipinski definition) is 6. The number of halogens is 2. The van der Waals surface area contributed by atoms with Crippen molar-refractivity contribution in [2.45, 2.75) is 46.8 Å². The maximum absolute atomic E-state index is 12.7. The summed E-state index contributed by atoms with van der Waals surface area (Å²) in [5, 5.41) is 6.30.